The zero-order chi connectivity index (χ0) is 22.6. The summed E-state index contributed by atoms with van der Waals surface area (Å²) in [7, 11) is 0. The fourth-order valence-corrected chi connectivity index (χ4v) is 4.43. The number of thiazole rings is 1. The van der Waals surface area contributed by atoms with Crippen molar-refractivity contribution >= 4 is 23.2 Å². The topological polar surface area (TPSA) is 73.7 Å². The van der Waals surface area contributed by atoms with Gasteiger partial charge in [-0.15, -0.1) is 11.3 Å². The molecule has 2 atom stereocenters. The standard InChI is InChI=1S/C18H20FN3OS.C2HF3O2/c19-16-3-1-13(2-4-16)7-21-8-14-5-6-22(10-15(14)9-21)18(23)17-11-24-12-20-17;3-2(4,5)1(6)7/h1-4,11-12,14-15H,5-10H2;(H,6,7)/t14-,15-;/m1./s1. The number of benzene rings is 1. The summed E-state index contributed by atoms with van der Waals surface area (Å²) in [6, 6.07) is 6.75. The number of hydrogen-bond donors (Lipinski definition) is 1. The van der Waals surface area contributed by atoms with E-state index in [9.17, 15) is 22.4 Å². The van der Waals surface area contributed by atoms with Crippen LogP contribution < -0.4 is 0 Å². The largest absolute Gasteiger partial charge is 0.490 e. The molecule has 1 amide bonds. The van der Waals surface area contributed by atoms with E-state index in [-0.39, 0.29) is 11.7 Å². The Labute approximate surface area is 180 Å². The van der Waals surface area contributed by atoms with Crippen LogP contribution >= 0.6 is 11.3 Å². The lowest BCUT2D eigenvalue weighted by atomic mass is 9.88. The van der Waals surface area contributed by atoms with E-state index in [0.29, 0.717) is 17.5 Å². The molecular weight excluding hydrogens is 438 g/mol. The van der Waals surface area contributed by atoms with Crippen molar-refractivity contribution in [2.75, 3.05) is 26.2 Å². The lowest BCUT2D eigenvalue weighted by Gasteiger charge is -2.34. The van der Waals surface area contributed by atoms with E-state index in [1.165, 1.54) is 23.5 Å². The van der Waals surface area contributed by atoms with Gasteiger partial charge >= 0.3 is 12.1 Å². The molecule has 0 saturated carbocycles. The summed E-state index contributed by atoms with van der Waals surface area (Å²) in [5.41, 5.74) is 3.42. The molecular formula is C20H21F4N3O3S. The van der Waals surface area contributed by atoms with Gasteiger partial charge in [-0.05, 0) is 36.0 Å². The molecule has 3 heterocycles. The smallest absolute Gasteiger partial charge is 0.475 e. The van der Waals surface area contributed by atoms with Gasteiger partial charge in [-0.2, -0.15) is 13.2 Å². The van der Waals surface area contributed by atoms with E-state index in [0.717, 1.165) is 44.7 Å². The number of amides is 1. The first-order valence-corrected chi connectivity index (χ1v) is 10.5. The molecule has 2 aliphatic rings. The van der Waals surface area contributed by atoms with Gasteiger partial charge in [-0.25, -0.2) is 14.2 Å². The first kappa shape index (κ1) is 23.1. The van der Waals surface area contributed by atoms with E-state index in [1.54, 1.807) is 5.51 Å². The van der Waals surface area contributed by atoms with Gasteiger partial charge in [0, 0.05) is 38.1 Å². The van der Waals surface area contributed by atoms with Gasteiger partial charge < -0.3 is 10.0 Å². The van der Waals surface area contributed by atoms with E-state index < -0.39 is 12.1 Å². The first-order chi connectivity index (χ1) is 14.6. The van der Waals surface area contributed by atoms with Crippen molar-refractivity contribution in [1.82, 2.24) is 14.8 Å². The highest BCUT2D eigenvalue weighted by molar-refractivity contribution is 7.07. The van der Waals surface area contributed by atoms with Gasteiger partial charge in [0.15, 0.2) is 0 Å². The molecule has 0 aliphatic carbocycles. The monoisotopic (exact) mass is 459 g/mol. The first-order valence-electron chi connectivity index (χ1n) is 9.58. The highest BCUT2D eigenvalue weighted by atomic mass is 32.1. The highest BCUT2D eigenvalue weighted by Crippen LogP contribution is 2.32. The number of carboxylic acids is 1. The van der Waals surface area contributed by atoms with Gasteiger partial charge in [-0.1, -0.05) is 12.1 Å². The Morgan fingerprint density at radius 2 is 1.77 bits per heavy atom. The fourth-order valence-electron chi connectivity index (χ4n) is 3.91. The van der Waals surface area contributed by atoms with Crippen LogP contribution in [0.25, 0.3) is 0 Å². The normalized spacial score (nSPS) is 21.2. The minimum Gasteiger partial charge on any atom is -0.475 e. The Kier molecular flexibility index (Phi) is 7.26. The highest BCUT2D eigenvalue weighted by Gasteiger charge is 2.39. The zero-order valence-corrected chi connectivity index (χ0v) is 17.2. The number of alkyl halides is 3. The van der Waals surface area contributed by atoms with Crippen LogP contribution in [0.2, 0.25) is 0 Å². The quantitative estimate of drug-likeness (QED) is 0.712. The summed E-state index contributed by atoms with van der Waals surface area (Å²) in [6.45, 7) is 4.57. The number of nitrogens with zero attached hydrogens (tertiary/aromatic N) is 3. The molecule has 0 spiro atoms. The third-order valence-electron chi connectivity index (χ3n) is 5.38. The van der Waals surface area contributed by atoms with E-state index in [4.69, 9.17) is 9.90 Å². The number of piperidine rings is 1. The molecule has 0 unspecified atom stereocenters. The number of carbonyl (C=O) groups excluding carboxylic acids is 1. The third kappa shape index (κ3) is 6.23. The number of carbonyl (C=O) groups is 2. The number of aromatic nitrogens is 1. The molecule has 1 N–H and O–H groups in total. The molecule has 31 heavy (non-hydrogen) atoms. The minimum atomic E-state index is -5.08. The van der Waals surface area contributed by atoms with Gasteiger partial charge in [0.2, 0.25) is 0 Å². The predicted molar refractivity (Wildman–Crippen MR) is 105 cm³/mol. The molecule has 2 aliphatic heterocycles. The van der Waals surface area contributed by atoms with Gasteiger partial charge in [-0.3, -0.25) is 9.69 Å². The molecule has 1 aromatic heterocycles. The van der Waals surface area contributed by atoms with Crippen LogP contribution in [0, 0.1) is 17.7 Å². The van der Waals surface area contributed by atoms with Crippen molar-refractivity contribution in [2.24, 2.45) is 11.8 Å². The van der Waals surface area contributed by atoms with Crippen molar-refractivity contribution in [3.8, 4) is 0 Å². The summed E-state index contributed by atoms with van der Waals surface area (Å²) >= 11 is 1.46. The Morgan fingerprint density at radius 3 is 2.35 bits per heavy atom. The molecule has 1 aromatic carbocycles. The van der Waals surface area contributed by atoms with Gasteiger partial charge in [0.05, 0.1) is 5.51 Å². The second-order valence-corrected chi connectivity index (χ2v) is 8.28. The summed E-state index contributed by atoms with van der Waals surface area (Å²) in [4.78, 5) is 29.9. The predicted octanol–water partition coefficient (Wildman–Crippen LogP) is 3.51. The lowest BCUT2D eigenvalue weighted by Crippen LogP contribution is -2.43. The fraction of sp³-hybridized carbons (Fsp3) is 0.450. The average Bonchev–Trinajstić information content (AvgIpc) is 3.38. The summed E-state index contributed by atoms with van der Waals surface area (Å²) in [6.07, 6.45) is -4.03. The number of rotatable bonds is 3. The number of likely N-dealkylation sites (tertiary alicyclic amines) is 2. The molecule has 2 aromatic rings. The van der Waals surface area contributed by atoms with Gasteiger partial charge in [0.25, 0.3) is 5.91 Å². The van der Waals surface area contributed by atoms with Crippen LogP contribution in [-0.4, -0.2) is 64.1 Å². The molecule has 11 heteroatoms. The second-order valence-electron chi connectivity index (χ2n) is 7.56. The maximum absolute atomic E-state index is 13.0. The van der Waals surface area contributed by atoms with Crippen LogP contribution in [0.3, 0.4) is 0 Å². The Balaban J connectivity index is 0.000000339. The van der Waals surface area contributed by atoms with Crippen molar-refractivity contribution in [3.63, 3.8) is 0 Å². The van der Waals surface area contributed by atoms with Crippen molar-refractivity contribution < 1.29 is 32.3 Å². The third-order valence-corrected chi connectivity index (χ3v) is 5.96. The summed E-state index contributed by atoms with van der Waals surface area (Å²) in [5, 5.41) is 8.95. The summed E-state index contributed by atoms with van der Waals surface area (Å²) < 4.78 is 44.8. The van der Waals surface area contributed by atoms with Crippen LogP contribution in [0.15, 0.2) is 35.2 Å². The maximum atomic E-state index is 13.0. The molecule has 2 fully saturated rings. The van der Waals surface area contributed by atoms with Crippen LogP contribution in [0.5, 0.6) is 0 Å². The summed E-state index contributed by atoms with van der Waals surface area (Å²) in [5.74, 6) is -1.70. The van der Waals surface area contributed by atoms with Crippen LogP contribution in [-0.2, 0) is 11.3 Å². The maximum Gasteiger partial charge on any atom is 0.490 e. The Morgan fingerprint density at radius 1 is 1.13 bits per heavy atom. The molecule has 0 bridgehead atoms. The van der Waals surface area contributed by atoms with Crippen molar-refractivity contribution in [3.05, 3.63) is 52.2 Å². The van der Waals surface area contributed by atoms with E-state index >= 15 is 0 Å². The molecule has 2 saturated heterocycles. The molecule has 6 nitrogen and oxygen atoms in total. The van der Waals surface area contributed by atoms with Crippen molar-refractivity contribution in [1.29, 1.82) is 0 Å². The molecule has 0 radical (unpaired) electrons. The SMILES string of the molecule is O=C(O)C(F)(F)F.O=C(c1cscn1)N1CC[C@@H]2CN(Cc3ccc(F)cc3)C[C@@H]2C1. The zero-order valence-electron chi connectivity index (χ0n) is 16.4. The Bertz CT molecular complexity index is 890. The number of aliphatic carboxylic acids is 1. The Hall–Kier alpha value is -2.53. The van der Waals surface area contributed by atoms with Gasteiger partial charge in [0.1, 0.15) is 11.5 Å². The van der Waals surface area contributed by atoms with Crippen molar-refractivity contribution in [2.45, 2.75) is 19.1 Å². The van der Waals surface area contributed by atoms with E-state index in [1.807, 2.05) is 22.4 Å². The molecule has 168 valence electrons. The number of halogens is 4. The minimum absolute atomic E-state index is 0.0617. The average molecular weight is 459 g/mol. The second kappa shape index (κ2) is 9.73. The molecule has 4 rings (SSSR count). The van der Waals surface area contributed by atoms with Crippen LogP contribution in [0.1, 0.15) is 22.5 Å². The number of carboxylic acid groups (broad SMARTS) is 1. The van der Waals surface area contributed by atoms with E-state index in [2.05, 4.69) is 9.88 Å². The number of hydrogen-bond acceptors (Lipinski definition) is 5. The van der Waals surface area contributed by atoms with Crippen LogP contribution in [0.4, 0.5) is 17.6 Å². The number of fused-ring (bicyclic) bond motifs is 1. The lowest BCUT2D eigenvalue weighted by molar-refractivity contribution is -0.192.